The number of oxazole rings is 1. The molecule has 0 atom stereocenters. The van der Waals surface area contributed by atoms with Gasteiger partial charge >= 0.3 is 5.76 Å². The van der Waals surface area contributed by atoms with Crippen LogP contribution >= 0.6 is 0 Å². The van der Waals surface area contributed by atoms with Gasteiger partial charge in [0.2, 0.25) is 0 Å². The van der Waals surface area contributed by atoms with Crippen molar-refractivity contribution in [3.8, 4) is 0 Å². The minimum atomic E-state index is -0.541. The fraction of sp³-hybridized carbons (Fsp3) is 0.263. The number of carbonyl (C=O) groups is 2. The molecule has 2 amide bonds. The van der Waals surface area contributed by atoms with Crippen LogP contribution in [0.5, 0.6) is 0 Å². The van der Waals surface area contributed by atoms with E-state index in [1.54, 1.807) is 18.2 Å². The number of nitrogens with one attached hydrogen (secondary N) is 3. The molecule has 1 saturated carbocycles. The zero-order valence-electron chi connectivity index (χ0n) is 15.5. The Hall–Kier alpha value is -3.66. The van der Waals surface area contributed by atoms with E-state index < -0.39 is 11.7 Å². The number of fused-ring (bicyclic) bond motifs is 1. The molecular formula is C19H20N6O4. The Morgan fingerprint density at radius 1 is 1.31 bits per heavy atom. The first-order valence-corrected chi connectivity index (χ1v) is 9.13. The molecule has 0 spiro atoms. The lowest BCUT2D eigenvalue weighted by Gasteiger charge is -2.24. The Morgan fingerprint density at radius 3 is 2.86 bits per heavy atom. The van der Waals surface area contributed by atoms with Crippen LogP contribution in [0.25, 0.3) is 11.1 Å². The third-order valence-electron chi connectivity index (χ3n) is 4.71. The maximum Gasteiger partial charge on any atom is 0.417 e. The number of amides is 2. The lowest BCUT2D eigenvalue weighted by molar-refractivity contribution is -0.118. The van der Waals surface area contributed by atoms with Crippen LogP contribution in [-0.4, -0.2) is 34.1 Å². The second-order valence-corrected chi connectivity index (χ2v) is 6.99. The zero-order chi connectivity index (χ0) is 20.5. The van der Waals surface area contributed by atoms with Crippen LogP contribution in [0, 0.1) is 5.92 Å². The van der Waals surface area contributed by atoms with Crippen molar-refractivity contribution in [1.82, 2.24) is 20.6 Å². The molecule has 2 aliphatic rings. The fourth-order valence-corrected chi connectivity index (χ4v) is 2.89. The summed E-state index contributed by atoms with van der Waals surface area (Å²) in [6.07, 6.45) is 3.54. The number of hydrogen-bond donors (Lipinski definition) is 4. The van der Waals surface area contributed by atoms with Crippen molar-refractivity contribution >= 4 is 28.6 Å². The van der Waals surface area contributed by atoms with Crippen LogP contribution in [0.2, 0.25) is 0 Å². The topological polar surface area (TPSA) is 146 Å². The van der Waals surface area contributed by atoms with Gasteiger partial charge in [0, 0.05) is 19.2 Å². The lowest BCUT2D eigenvalue weighted by Crippen LogP contribution is -2.42. The van der Waals surface area contributed by atoms with E-state index in [2.05, 4.69) is 27.2 Å². The first-order valence-electron chi connectivity index (χ1n) is 9.13. The standard InChI is InChI=1S/C19H20N6O4/c1-10-23-14(7-15(25(10)20)18(27)22-8-11-2-3-11)17(26)21-9-12-4-5-16-13(6-12)24-19(28)29-16/h4-7,11H,1-3,8-9,20H2,(H,21,26)(H,22,27)(H,24,28). The highest BCUT2D eigenvalue weighted by molar-refractivity contribution is 6.44. The number of aromatic nitrogens is 1. The van der Waals surface area contributed by atoms with Gasteiger partial charge in [-0.2, -0.15) is 0 Å². The first-order chi connectivity index (χ1) is 13.9. The Morgan fingerprint density at radius 2 is 2.10 bits per heavy atom. The Labute approximate surface area is 165 Å². The van der Waals surface area contributed by atoms with E-state index in [1.165, 1.54) is 6.08 Å². The van der Waals surface area contributed by atoms with Crippen molar-refractivity contribution in [3.63, 3.8) is 0 Å². The number of nitrogens with two attached hydrogens (primary N) is 1. The second kappa shape index (κ2) is 7.40. The van der Waals surface area contributed by atoms with Gasteiger partial charge in [0.1, 0.15) is 17.2 Å². The van der Waals surface area contributed by atoms with Gasteiger partial charge in [-0.05, 0) is 36.5 Å². The van der Waals surface area contributed by atoms with Crippen molar-refractivity contribution in [1.29, 1.82) is 0 Å². The number of H-pyrrole nitrogens is 1. The fourth-order valence-electron chi connectivity index (χ4n) is 2.89. The quantitative estimate of drug-likeness (QED) is 0.515. The van der Waals surface area contributed by atoms with Gasteiger partial charge < -0.3 is 15.1 Å². The normalized spacial score (nSPS) is 16.4. The highest BCUT2D eigenvalue weighted by Gasteiger charge is 2.27. The number of benzene rings is 1. The van der Waals surface area contributed by atoms with Crippen LogP contribution in [0.3, 0.4) is 0 Å². The van der Waals surface area contributed by atoms with Gasteiger partial charge in [-0.25, -0.2) is 15.6 Å². The summed E-state index contributed by atoms with van der Waals surface area (Å²) in [6.45, 7) is 4.46. The third-order valence-corrected chi connectivity index (χ3v) is 4.71. The largest absolute Gasteiger partial charge is 0.417 e. The van der Waals surface area contributed by atoms with E-state index in [4.69, 9.17) is 10.3 Å². The molecular weight excluding hydrogens is 376 g/mol. The monoisotopic (exact) mass is 396 g/mol. The number of rotatable bonds is 6. The van der Waals surface area contributed by atoms with Gasteiger partial charge in [-0.1, -0.05) is 12.6 Å². The molecule has 150 valence electrons. The van der Waals surface area contributed by atoms with E-state index in [1.807, 2.05) is 0 Å². The molecule has 1 aliphatic carbocycles. The highest BCUT2D eigenvalue weighted by Crippen LogP contribution is 2.27. The van der Waals surface area contributed by atoms with E-state index in [9.17, 15) is 14.4 Å². The van der Waals surface area contributed by atoms with Crippen LogP contribution < -0.4 is 22.2 Å². The minimum Gasteiger partial charge on any atom is -0.408 e. The molecule has 29 heavy (non-hydrogen) atoms. The van der Waals surface area contributed by atoms with E-state index in [0.717, 1.165) is 23.4 Å². The van der Waals surface area contributed by atoms with Crippen LogP contribution in [-0.2, 0) is 16.1 Å². The Kier molecular flexibility index (Phi) is 4.77. The van der Waals surface area contributed by atoms with Crippen LogP contribution in [0.4, 0.5) is 0 Å². The summed E-state index contributed by atoms with van der Waals surface area (Å²) in [4.78, 5) is 42.8. The van der Waals surface area contributed by atoms with Crippen molar-refractivity contribution in [2.75, 3.05) is 6.54 Å². The van der Waals surface area contributed by atoms with Gasteiger partial charge in [0.05, 0.1) is 5.52 Å². The average molecular weight is 396 g/mol. The van der Waals surface area contributed by atoms with Crippen molar-refractivity contribution < 1.29 is 14.0 Å². The molecule has 2 heterocycles. The predicted octanol–water partition coefficient (Wildman–Crippen LogP) is 0.249. The maximum atomic E-state index is 12.5. The second-order valence-electron chi connectivity index (χ2n) is 6.99. The molecule has 4 rings (SSSR count). The zero-order valence-corrected chi connectivity index (χ0v) is 15.5. The number of nitrogens with zero attached hydrogens (tertiary/aromatic N) is 2. The van der Waals surface area contributed by atoms with Crippen LogP contribution in [0.1, 0.15) is 18.4 Å². The molecule has 0 radical (unpaired) electrons. The van der Waals surface area contributed by atoms with Crippen LogP contribution in [0.15, 0.2) is 56.6 Å². The summed E-state index contributed by atoms with van der Waals surface area (Å²) < 4.78 is 4.95. The van der Waals surface area contributed by atoms with Gasteiger partial charge in [0.15, 0.2) is 5.58 Å². The number of aliphatic imine (C=N–C) groups is 1. The number of aromatic amines is 1. The number of carbonyl (C=O) groups excluding carboxylic acids is 2. The SMILES string of the molecule is C=C1N=C(C(=O)NCc2ccc3oc(=O)[nH]c3c2)C=C(C(=O)NCC2CC2)N1N. The molecule has 0 unspecified atom stereocenters. The van der Waals surface area contributed by atoms with E-state index in [0.29, 0.717) is 23.6 Å². The molecule has 10 nitrogen and oxygen atoms in total. The number of hydrazine groups is 1. The molecule has 5 N–H and O–H groups in total. The summed E-state index contributed by atoms with van der Waals surface area (Å²) in [7, 11) is 0. The Balaban J connectivity index is 1.44. The van der Waals surface area contributed by atoms with Gasteiger partial charge in [-0.15, -0.1) is 0 Å². The molecule has 2 aromatic rings. The summed E-state index contributed by atoms with van der Waals surface area (Å²) in [5, 5.41) is 6.59. The smallest absolute Gasteiger partial charge is 0.408 e. The summed E-state index contributed by atoms with van der Waals surface area (Å²) in [6, 6.07) is 5.08. The van der Waals surface area contributed by atoms with Gasteiger partial charge in [-0.3, -0.25) is 19.6 Å². The molecule has 0 saturated heterocycles. The molecule has 1 aromatic heterocycles. The van der Waals surface area contributed by atoms with Crippen molar-refractivity contribution in [3.05, 3.63) is 58.5 Å². The maximum absolute atomic E-state index is 12.5. The molecule has 10 heteroatoms. The van der Waals surface area contributed by atoms with Gasteiger partial charge in [0.25, 0.3) is 11.8 Å². The minimum absolute atomic E-state index is 0.0334. The summed E-state index contributed by atoms with van der Waals surface area (Å²) >= 11 is 0. The summed E-state index contributed by atoms with van der Waals surface area (Å²) in [5.74, 6) is 5.06. The van der Waals surface area contributed by atoms with Crippen molar-refractivity contribution in [2.45, 2.75) is 19.4 Å². The van der Waals surface area contributed by atoms with Crippen molar-refractivity contribution in [2.24, 2.45) is 16.8 Å². The first kappa shape index (κ1) is 18.7. The van der Waals surface area contributed by atoms with E-state index in [-0.39, 0.29) is 29.7 Å². The average Bonchev–Trinajstić information content (AvgIpc) is 3.45. The molecule has 1 fully saturated rings. The number of hydrogen-bond acceptors (Lipinski definition) is 7. The highest BCUT2D eigenvalue weighted by atomic mass is 16.4. The third kappa shape index (κ3) is 4.11. The predicted molar refractivity (Wildman–Crippen MR) is 105 cm³/mol. The Bertz CT molecular complexity index is 1120. The van der Waals surface area contributed by atoms with E-state index >= 15 is 0 Å². The molecule has 0 bridgehead atoms. The summed E-state index contributed by atoms with van der Waals surface area (Å²) in [5.41, 5.74) is 1.87. The molecule has 1 aliphatic heterocycles. The lowest BCUT2D eigenvalue weighted by atomic mass is 10.2. The molecule has 1 aromatic carbocycles.